The minimum Gasteiger partial charge on any atom is -0.496 e. The van der Waals surface area contributed by atoms with Gasteiger partial charge in [-0.2, -0.15) is 0 Å². The molecule has 0 saturated carbocycles. The number of oxazole rings is 2. The van der Waals surface area contributed by atoms with Gasteiger partial charge in [-0.05, 0) is 283 Å². The molecule has 0 spiro atoms. The van der Waals surface area contributed by atoms with E-state index in [4.69, 9.17) is 54.3 Å². The number of methoxy groups -OCH3 is 2. The predicted octanol–water partition coefficient (Wildman–Crippen LogP) is 24.5. The fraction of sp³-hybridized carbons (Fsp3) is 0.322. The van der Waals surface area contributed by atoms with Gasteiger partial charge in [-0.15, -0.1) is 0 Å². The first-order chi connectivity index (χ1) is 70.9. The number of ether oxygens (including phenoxy) is 2. The van der Waals surface area contributed by atoms with E-state index in [-0.39, 0.29) is 58.3 Å². The molecule has 8 aliphatic heterocycles. The second-order valence-electron chi connectivity index (χ2n) is 40.1. The van der Waals surface area contributed by atoms with Gasteiger partial charge in [-0.1, -0.05) is 96.5 Å². The van der Waals surface area contributed by atoms with Crippen LogP contribution in [-0.4, -0.2) is 152 Å². The number of halogens is 4. The number of fused-ring (bicyclic) bond motifs is 7. The molecule has 25 heteroatoms. The lowest BCUT2D eigenvalue weighted by atomic mass is 9.89. The molecule has 0 N–H and O–H groups in total. The lowest BCUT2D eigenvalue weighted by Crippen LogP contribution is -2.36. The first-order valence-electron chi connectivity index (χ1n) is 50.9. The number of furan rings is 1. The zero-order valence-corrected chi connectivity index (χ0v) is 84.3. The van der Waals surface area contributed by atoms with Gasteiger partial charge in [0.15, 0.2) is 46.1 Å². The van der Waals surface area contributed by atoms with Crippen LogP contribution in [0, 0.1) is 75.7 Å². The van der Waals surface area contributed by atoms with Crippen molar-refractivity contribution in [2.24, 2.45) is 43.6 Å². The van der Waals surface area contributed by atoms with Crippen LogP contribution in [0.2, 0.25) is 5.02 Å². The number of hydrogen-bond donors (Lipinski definition) is 0. The summed E-state index contributed by atoms with van der Waals surface area (Å²) in [6, 6.07) is 67.2. The SMILES string of the molecule is COc1cccc(F)c1CN1CCC[C@@H](CC(=O)c2ccc3c(c2)C(c2ccc4nc(C)oc4c2)=NC3)C1.COc1cccc(F)c1CN1CCC[C@@H](CC(=O)c2ccc3c(c2)C(c2ccc4oc(C)nc4c2)=NC3)C1.Cc1cc(C2=NCc3ccc(C(=O)C[C@@H]4CCCN(Cc5cc(F)c(C)cc5Cl)C4)cc32)ccn1.Cc1cc(C2=NCc3ccc(C(=O)C[C@@H]4CCCN(Cc5cc6ccccc6o5)C4)cc32)ccn1. The standard InChI is InChI=1S/2C31H30FN3O3.C30H29N3O2.C29H29ClFN3O/c1-19-34-27-15-22(10-11-30(27)38-19)31-24-14-21(8-9-23(24)16-33-31)28(36)13-20-5-4-12-35(17-20)18-25-26(32)6-3-7-29(25)37-2;1-19-34-27-11-10-22(15-30(27)38-19)31-24-14-21(8-9-23(24)16-33-31)28(36)13-20-5-4-12-35(17-20)18-25-26(32)6-3-7-29(25)37-2;1-20-13-24(10-11-31-20)30-27-16-22(8-9-25(27)17-32-30)28(34)14-21-5-4-12-33(18-21)19-26-15-23-6-2-3-7-29(23)35-26;1-18-10-26(30)24(14-27(18)31)17-34-9-3-4-20(16-34)12-28(35)21-5-6-23-15-33-29(25(23)13-21)22-7-8-32-19(2)11-22/h2*3,6-11,14-15,20H,4-5,12-13,16-18H2,1-2H3;2-3,6-11,13,15-16,21H,4-5,12,14,17-19H2,1H3;5-8,10-11,13-14,20H,3-4,9,12,15-17H2,1-2H3/t2*20-;21-;20-/m0000/s1. The summed E-state index contributed by atoms with van der Waals surface area (Å²) < 4.78 is 71.1. The van der Waals surface area contributed by atoms with Gasteiger partial charge in [-0.3, -0.25) is 68.7 Å². The molecule has 4 atom stereocenters. The fourth-order valence-electron chi connectivity index (χ4n) is 22.1. The van der Waals surface area contributed by atoms with Crippen molar-refractivity contribution in [3.63, 3.8) is 0 Å². The number of pyridine rings is 2. The number of likely N-dealkylation sites (tertiary alicyclic amines) is 4. The maximum absolute atomic E-state index is 14.5. The molecule has 21 nitrogen and oxygen atoms in total. The predicted molar refractivity (Wildman–Crippen MR) is 565 cm³/mol. The number of nitrogens with zero attached hydrogens (tertiary/aromatic N) is 12. The minimum absolute atomic E-state index is 0.135. The van der Waals surface area contributed by atoms with Gasteiger partial charge in [0.05, 0.1) is 69.8 Å². The lowest BCUT2D eigenvalue weighted by Gasteiger charge is -2.33. The third-order valence-corrected chi connectivity index (χ3v) is 29.8. The Labute approximate surface area is 853 Å². The number of benzene rings is 10. The van der Waals surface area contributed by atoms with Crippen LogP contribution in [0.4, 0.5) is 13.2 Å². The van der Waals surface area contributed by atoms with Crippen LogP contribution in [-0.2, 0) is 52.4 Å². The Hall–Kier alpha value is -14.1. The third kappa shape index (κ3) is 22.9. The highest BCUT2D eigenvalue weighted by molar-refractivity contribution is 6.31. The molecule has 8 aliphatic rings. The van der Waals surface area contributed by atoms with Gasteiger partial charge in [0.2, 0.25) is 0 Å². The normalized spacial score (nSPS) is 17.7. The lowest BCUT2D eigenvalue weighted by molar-refractivity contribution is 0.0900. The second-order valence-corrected chi connectivity index (χ2v) is 40.5. The summed E-state index contributed by atoms with van der Waals surface area (Å²) >= 11 is 6.37. The Bertz CT molecular complexity index is 7380. The highest BCUT2D eigenvalue weighted by Gasteiger charge is 2.34. The molecular formula is C121H118ClF3N12O9. The number of carbonyl (C=O) groups is 4. The van der Waals surface area contributed by atoms with Crippen molar-refractivity contribution in [1.82, 2.24) is 39.5 Å². The summed E-state index contributed by atoms with van der Waals surface area (Å²) in [5.41, 5.74) is 27.9. The fourth-order valence-corrected chi connectivity index (χ4v) is 22.4. The van der Waals surface area contributed by atoms with Gasteiger partial charge in [0.1, 0.15) is 51.3 Å². The summed E-state index contributed by atoms with van der Waals surface area (Å²) in [5.74, 6) is 4.41. The molecule has 0 aliphatic carbocycles. The molecule has 5 aromatic heterocycles. The van der Waals surface area contributed by atoms with Gasteiger partial charge < -0.3 is 22.7 Å². The van der Waals surface area contributed by atoms with E-state index in [0.717, 1.165) is 261 Å². The van der Waals surface area contributed by atoms with Crippen molar-refractivity contribution < 1.29 is 55.1 Å². The number of ketones is 4. The Morgan fingerprint density at radius 1 is 0.377 bits per heavy atom. The molecule has 0 bridgehead atoms. The number of piperidine rings is 4. The smallest absolute Gasteiger partial charge is 0.192 e. The van der Waals surface area contributed by atoms with Gasteiger partial charge in [0, 0.05) is 197 Å². The van der Waals surface area contributed by atoms with Crippen LogP contribution in [0.15, 0.2) is 258 Å². The van der Waals surface area contributed by atoms with E-state index in [2.05, 4.69) is 63.8 Å². The van der Waals surface area contributed by atoms with E-state index in [1.165, 1.54) is 17.7 Å². The van der Waals surface area contributed by atoms with E-state index in [1.54, 1.807) is 63.7 Å². The van der Waals surface area contributed by atoms with Crippen LogP contribution >= 0.6 is 11.6 Å². The van der Waals surface area contributed by atoms with Gasteiger partial charge >= 0.3 is 0 Å². The summed E-state index contributed by atoms with van der Waals surface area (Å²) in [6.45, 7) is 21.2. The van der Waals surface area contributed by atoms with Crippen LogP contribution in [0.1, 0.15) is 236 Å². The van der Waals surface area contributed by atoms with Crippen molar-refractivity contribution in [1.29, 1.82) is 0 Å². The topological polar surface area (TPSA) is 240 Å². The van der Waals surface area contributed by atoms with Crippen molar-refractivity contribution in [3.8, 4) is 11.5 Å². The molecule has 0 unspecified atom stereocenters. The summed E-state index contributed by atoms with van der Waals surface area (Å²) in [6.07, 6.45) is 13.8. The van der Waals surface area contributed by atoms with Gasteiger partial charge in [0.25, 0.3) is 0 Å². The number of rotatable bonds is 26. The average Bonchev–Trinajstić information content (AvgIpc) is 1.63. The second kappa shape index (κ2) is 44.4. The van der Waals surface area contributed by atoms with Gasteiger partial charge in [-0.25, -0.2) is 23.1 Å². The van der Waals surface area contributed by atoms with Crippen molar-refractivity contribution >= 4 is 90.7 Å². The van der Waals surface area contributed by atoms with E-state index in [9.17, 15) is 32.3 Å². The Balaban J connectivity index is 0.000000118. The van der Waals surface area contributed by atoms with Crippen LogP contribution in [0.5, 0.6) is 11.5 Å². The average molecular weight is 1980 g/mol. The molecule has 0 radical (unpaired) electrons. The maximum Gasteiger partial charge on any atom is 0.192 e. The molecule has 13 heterocycles. The number of aliphatic imine (C=N–C) groups is 4. The number of para-hydroxylation sites is 1. The summed E-state index contributed by atoms with van der Waals surface area (Å²) in [4.78, 5) is 99.0. The highest BCUT2D eigenvalue weighted by Crippen LogP contribution is 2.39. The van der Waals surface area contributed by atoms with E-state index < -0.39 is 0 Å². The van der Waals surface area contributed by atoms with E-state index in [1.807, 2.05) is 173 Å². The van der Waals surface area contributed by atoms with Crippen LogP contribution in [0.3, 0.4) is 0 Å². The summed E-state index contributed by atoms with van der Waals surface area (Å²) in [5, 5.41) is 1.75. The van der Waals surface area contributed by atoms with Crippen molar-refractivity contribution in [2.75, 3.05) is 66.6 Å². The number of Topliss-reactive ketones (excluding diaryl/α,β-unsaturated/α-hetero) is 4. The Morgan fingerprint density at radius 2 is 0.781 bits per heavy atom. The molecule has 23 rings (SSSR count). The molecule has 0 amide bonds. The molecule has 15 aromatic rings. The third-order valence-electron chi connectivity index (χ3n) is 29.5. The van der Waals surface area contributed by atoms with E-state index in [0.29, 0.717) is 134 Å². The zero-order chi connectivity index (χ0) is 101. The maximum atomic E-state index is 14.5. The first-order valence-corrected chi connectivity index (χ1v) is 51.2. The molecule has 4 saturated heterocycles. The molecule has 10 aromatic carbocycles. The number of aromatic nitrogens is 4. The Morgan fingerprint density at radius 3 is 1.22 bits per heavy atom. The van der Waals surface area contributed by atoms with E-state index >= 15 is 0 Å². The number of hydrogen-bond acceptors (Lipinski definition) is 21. The quantitative estimate of drug-likeness (QED) is 0.0458. The molecule has 146 heavy (non-hydrogen) atoms. The zero-order valence-electron chi connectivity index (χ0n) is 83.5. The molecule has 744 valence electrons. The molecular weight excluding hydrogens is 1860 g/mol. The highest BCUT2D eigenvalue weighted by atomic mass is 35.5. The number of aryl methyl sites for hydroxylation is 5. The first kappa shape index (κ1) is 99.2. The number of carbonyl (C=O) groups excluding carboxylic acids is 4. The Kier molecular flexibility index (Phi) is 30.2. The van der Waals surface area contributed by atoms with Crippen LogP contribution < -0.4 is 9.47 Å². The van der Waals surface area contributed by atoms with Crippen molar-refractivity contribution in [2.45, 2.75) is 164 Å². The largest absolute Gasteiger partial charge is 0.496 e. The van der Waals surface area contributed by atoms with Crippen LogP contribution in [0.25, 0.3) is 33.2 Å². The summed E-state index contributed by atoms with van der Waals surface area (Å²) in [7, 11) is 3.13. The monoisotopic (exact) mass is 1970 g/mol. The molecule has 4 fully saturated rings. The minimum atomic E-state index is -0.254. The van der Waals surface area contributed by atoms with Crippen molar-refractivity contribution in [3.05, 3.63) is 387 Å².